The van der Waals surface area contributed by atoms with E-state index in [2.05, 4.69) is 84.1 Å². The molecule has 3 nitrogen and oxygen atoms in total. The minimum absolute atomic E-state index is 0.653. The molecule has 5 aromatic rings. The van der Waals surface area contributed by atoms with Crippen molar-refractivity contribution in [2.75, 3.05) is 7.11 Å². The molecule has 0 radical (unpaired) electrons. The summed E-state index contributed by atoms with van der Waals surface area (Å²) in [6.45, 7) is 5.26. The van der Waals surface area contributed by atoms with Gasteiger partial charge in [-0.1, -0.05) is 48.5 Å². The summed E-state index contributed by atoms with van der Waals surface area (Å²) < 4.78 is 7.85. The Morgan fingerprint density at radius 2 is 1.61 bits per heavy atom. The van der Waals surface area contributed by atoms with Crippen molar-refractivity contribution in [3.63, 3.8) is 0 Å². The molecular formula is C25H22N2O. The van der Waals surface area contributed by atoms with Gasteiger partial charge in [0.05, 0.1) is 12.6 Å². The van der Waals surface area contributed by atoms with E-state index in [0.29, 0.717) is 5.88 Å². The van der Waals surface area contributed by atoms with Crippen LogP contribution in [-0.4, -0.2) is 16.7 Å². The van der Waals surface area contributed by atoms with E-state index in [1.54, 1.807) is 7.11 Å². The standard InChI is InChI=1S/C25H22N2O/c1-16-21-14-26-23(28-3)13-20(21)17(2)25-24(16)19-11-7-8-12-22(19)27(25)15-18-9-5-4-6-10-18/h4-14H,15H2,1-3H3. The van der Waals surface area contributed by atoms with Crippen molar-refractivity contribution in [2.24, 2.45) is 0 Å². The second-order valence-electron chi connectivity index (χ2n) is 7.33. The second-order valence-corrected chi connectivity index (χ2v) is 7.33. The van der Waals surface area contributed by atoms with Crippen LogP contribution >= 0.6 is 0 Å². The molecule has 0 aliphatic heterocycles. The van der Waals surface area contributed by atoms with Gasteiger partial charge in [0.25, 0.3) is 0 Å². The topological polar surface area (TPSA) is 27.1 Å². The quantitative estimate of drug-likeness (QED) is 0.390. The fourth-order valence-electron chi connectivity index (χ4n) is 4.42. The molecule has 2 aromatic heterocycles. The summed E-state index contributed by atoms with van der Waals surface area (Å²) in [6, 6.07) is 21.4. The molecule has 0 spiro atoms. The maximum Gasteiger partial charge on any atom is 0.213 e. The van der Waals surface area contributed by atoms with Gasteiger partial charge in [0.15, 0.2) is 0 Å². The van der Waals surface area contributed by atoms with Gasteiger partial charge in [-0.3, -0.25) is 0 Å². The fourth-order valence-corrected chi connectivity index (χ4v) is 4.42. The average molecular weight is 366 g/mol. The third kappa shape index (κ3) is 2.40. The molecule has 28 heavy (non-hydrogen) atoms. The number of rotatable bonds is 3. The van der Waals surface area contributed by atoms with Crippen LogP contribution in [0.3, 0.4) is 0 Å². The summed E-state index contributed by atoms with van der Waals surface area (Å²) >= 11 is 0. The van der Waals surface area contributed by atoms with E-state index < -0.39 is 0 Å². The highest BCUT2D eigenvalue weighted by molar-refractivity contribution is 6.17. The molecule has 0 unspecified atom stereocenters. The summed E-state index contributed by atoms with van der Waals surface area (Å²) in [5.74, 6) is 0.653. The van der Waals surface area contributed by atoms with Crippen molar-refractivity contribution in [1.29, 1.82) is 0 Å². The number of benzene rings is 3. The molecular weight excluding hydrogens is 344 g/mol. The van der Waals surface area contributed by atoms with Crippen molar-refractivity contribution in [3.8, 4) is 5.88 Å². The van der Waals surface area contributed by atoms with E-state index in [1.807, 2.05) is 6.20 Å². The molecule has 0 aliphatic carbocycles. The van der Waals surface area contributed by atoms with Crippen molar-refractivity contribution in [2.45, 2.75) is 20.4 Å². The molecule has 3 heteroatoms. The van der Waals surface area contributed by atoms with E-state index in [1.165, 1.54) is 49.3 Å². The zero-order valence-corrected chi connectivity index (χ0v) is 16.4. The minimum atomic E-state index is 0.653. The van der Waals surface area contributed by atoms with Crippen molar-refractivity contribution >= 4 is 32.6 Å². The molecule has 0 aliphatic rings. The van der Waals surface area contributed by atoms with Crippen LogP contribution in [-0.2, 0) is 6.54 Å². The van der Waals surface area contributed by atoms with E-state index >= 15 is 0 Å². The van der Waals surface area contributed by atoms with Crippen LogP contribution in [0.4, 0.5) is 0 Å². The van der Waals surface area contributed by atoms with Crippen molar-refractivity contribution in [3.05, 3.63) is 83.6 Å². The predicted molar refractivity (Wildman–Crippen MR) is 116 cm³/mol. The zero-order chi connectivity index (χ0) is 19.3. The zero-order valence-electron chi connectivity index (χ0n) is 16.4. The van der Waals surface area contributed by atoms with Gasteiger partial charge in [0, 0.05) is 40.5 Å². The Hall–Kier alpha value is -3.33. The largest absolute Gasteiger partial charge is 0.481 e. The summed E-state index contributed by atoms with van der Waals surface area (Å²) in [5, 5.41) is 5.01. The Labute approximate surface area is 164 Å². The van der Waals surface area contributed by atoms with Crippen LogP contribution in [0, 0.1) is 13.8 Å². The van der Waals surface area contributed by atoms with Crippen molar-refractivity contribution < 1.29 is 4.74 Å². The summed E-state index contributed by atoms with van der Waals surface area (Å²) in [5.41, 5.74) is 6.40. The van der Waals surface area contributed by atoms with E-state index in [9.17, 15) is 0 Å². The Kier molecular flexibility index (Phi) is 3.83. The van der Waals surface area contributed by atoms with Gasteiger partial charge < -0.3 is 9.30 Å². The Balaban J connectivity index is 1.94. The minimum Gasteiger partial charge on any atom is -0.481 e. The lowest BCUT2D eigenvalue weighted by molar-refractivity contribution is 0.399. The lowest BCUT2D eigenvalue weighted by atomic mass is 9.97. The monoisotopic (exact) mass is 366 g/mol. The van der Waals surface area contributed by atoms with Gasteiger partial charge in [0.1, 0.15) is 0 Å². The van der Waals surface area contributed by atoms with Gasteiger partial charge in [-0.2, -0.15) is 0 Å². The van der Waals surface area contributed by atoms with Crippen LogP contribution in [0.15, 0.2) is 66.9 Å². The number of para-hydroxylation sites is 1. The number of aromatic nitrogens is 2. The Bertz CT molecular complexity index is 1330. The summed E-state index contributed by atoms with van der Waals surface area (Å²) in [4.78, 5) is 4.46. The maximum atomic E-state index is 5.40. The third-order valence-corrected chi connectivity index (χ3v) is 5.78. The molecule has 3 aromatic carbocycles. The average Bonchev–Trinajstić information content (AvgIpc) is 3.07. The van der Waals surface area contributed by atoms with Gasteiger partial charge in [-0.25, -0.2) is 4.98 Å². The molecule has 0 saturated heterocycles. The number of methoxy groups -OCH3 is 1. The Morgan fingerprint density at radius 1 is 0.857 bits per heavy atom. The SMILES string of the molecule is COc1cc2c(C)c3c(c(C)c2cn1)c1ccccc1n3Cc1ccccc1. The molecule has 0 N–H and O–H groups in total. The number of ether oxygens (including phenoxy) is 1. The van der Waals surface area contributed by atoms with E-state index in [4.69, 9.17) is 4.74 Å². The molecule has 2 heterocycles. The number of hydrogen-bond donors (Lipinski definition) is 0. The molecule has 0 fully saturated rings. The second kappa shape index (κ2) is 6.38. The highest BCUT2D eigenvalue weighted by atomic mass is 16.5. The van der Waals surface area contributed by atoms with Crippen LogP contribution in [0.2, 0.25) is 0 Å². The smallest absolute Gasteiger partial charge is 0.213 e. The van der Waals surface area contributed by atoms with Gasteiger partial charge >= 0.3 is 0 Å². The van der Waals surface area contributed by atoms with Gasteiger partial charge in [0.2, 0.25) is 5.88 Å². The van der Waals surface area contributed by atoms with E-state index in [-0.39, 0.29) is 0 Å². The number of aryl methyl sites for hydroxylation is 2. The lowest BCUT2D eigenvalue weighted by Crippen LogP contribution is -2.01. The van der Waals surface area contributed by atoms with Crippen LogP contribution < -0.4 is 4.74 Å². The highest BCUT2D eigenvalue weighted by Crippen LogP contribution is 2.39. The first-order valence-corrected chi connectivity index (χ1v) is 9.57. The van der Waals surface area contributed by atoms with Crippen LogP contribution in [0.25, 0.3) is 32.6 Å². The van der Waals surface area contributed by atoms with E-state index in [0.717, 1.165) is 6.54 Å². The number of hydrogen-bond acceptors (Lipinski definition) is 2. The molecule has 0 bridgehead atoms. The molecule has 0 amide bonds. The summed E-state index contributed by atoms with van der Waals surface area (Å²) in [6.07, 6.45) is 1.94. The summed E-state index contributed by atoms with van der Waals surface area (Å²) in [7, 11) is 1.67. The van der Waals surface area contributed by atoms with Gasteiger partial charge in [-0.05, 0) is 42.0 Å². The van der Waals surface area contributed by atoms with Gasteiger partial charge in [-0.15, -0.1) is 0 Å². The fraction of sp³-hybridized carbons (Fsp3) is 0.160. The molecule has 0 saturated carbocycles. The first-order chi connectivity index (χ1) is 13.7. The predicted octanol–water partition coefficient (Wildman–Crippen LogP) is 6.02. The first kappa shape index (κ1) is 16.8. The third-order valence-electron chi connectivity index (χ3n) is 5.78. The molecule has 138 valence electrons. The number of pyridine rings is 1. The van der Waals surface area contributed by atoms with Crippen molar-refractivity contribution in [1.82, 2.24) is 9.55 Å². The lowest BCUT2D eigenvalue weighted by Gasteiger charge is -2.14. The molecule has 0 atom stereocenters. The maximum absolute atomic E-state index is 5.40. The first-order valence-electron chi connectivity index (χ1n) is 9.57. The number of fused-ring (bicyclic) bond motifs is 4. The molecule has 5 rings (SSSR count). The number of nitrogens with zero attached hydrogens (tertiary/aromatic N) is 2. The normalized spacial score (nSPS) is 11.5. The Morgan fingerprint density at radius 3 is 2.39 bits per heavy atom. The van der Waals surface area contributed by atoms with Crippen LogP contribution in [0.1, 0.15) is 16.7 Å². The highest BCUT2D eigenvalue weighted by Gasteiger charge is 2.18. The van der Waals surface area contributed by atoms with Crippen LogP contribution in [0.5, 0.6) is 5.88 Å².